The predicted octanol–water partition coefficient (Wildman–Crippen LogP) is 5.77. The van der Waals surface area contributed by atoms with Crippen LogP contribution < -0.4 is 10.3 Å². The maximum atomic E-state index is 13.0. The molecule has 1 aromatic carbocycles. The molecule has 4 rings (SSSR count). The van der Waals surface area contributed by atoms with Gasteiger partial charge in [0, 0.05) is 23.4 Å². The Bertz CT molecular complexity index is 1150. The molecule has 1 fully saturated rings. The molecule has 2 aromatic heterocycles. The summed E-state index contributed by atoms with van der Waals surface area (Å²) in [6, 6.07) is 6.26. The van der Waals surface area contributed by atoms with Crippen LogP contribution in [0.3, 0.4) is 0 Å². The predicted molar refractivity (Wildman–Crippen MR) is 112 cm³/mol. The summed E-state index contributed by atoms with van der Waals surface area (Å²) in [7, 11) is 0. The average molecular weight is 434 g/mol. The maximum Gasteiger partial charge on any atom is 0.387 e. The Morgan fingerprint density at radius 1 is 1.27 bits per heavy atom. The Labute approximate surface area is 177 Å². The lowest BCUT2D eigenvalue weighted by atomic mass is 10.0. The van der Waals surface area contributed by atoms with E-state index in [4.69, 9.17) is 11.6 Å². The molecule has 0 saturated heterocycles. The number of nitrogens with zero attached hydrogens (tertiary/aromatic N) is 3. The van der Waals surface area contributed by atoms with Crippen molar-refractivity contribution in [2.24, 2.45) is 5.92 Å². The Hall–Kier alpha value is -2.54. The van der Waals surface area contributed by atoms with Crippen molar-refractivity contribution in [3.05, 3.63) is 51.5 Å². The standard InChI is InChI=1S/C22H22ClF2N3O2/c1-3-4-18(13-5-6-13)28-20-19(27-12(2)21(28)29)16(9-10-26-20)15-8-7-14(11-17(15)23)30-22(24)25/h7-11,13,18,22H,3-6H2,1-2H3. The molecular formula is C22H22ClF2N3O2. The number of alkyl halides is 2. The fourth-order valence-corrected chi connectivity index (χ4v) is 4.26. The molecule has 1 aliphatic rings. The van der Waals surface area contributed by atoms with Crippen LogP contribution in [-0.4, -0.2) is 21.1 Å². The topological polar surface area (TPSA) is 57.0 Å². The average Bonchev–Trinajstić information content (AvgIpc) is 3.52. The summed E-state index contributed by atoms with van der Waals surface area (Å²) in [5.41, 5.74) is 2.67. The van der Waals surface area contributed by atoms with Crippen molar-refractivity contribution in [1.29, 1.82) is 0 Å². The van der Waals surface area contributed by atoms with E-state index >= 15 is 0 Å². The summed E-state index contributed by atoms with van der Waals surface area (Å²) in [6.07, 6.45) is 5.71. The number of aryl methyl sites for hydroxylation is 1. The quantitative estimate of drug-likeness (QED) is 0.474. The zero-order valence-electron chi connectivity index (χ0n) is 16.7. The van der Waals surface area contributed by atoms with E-state index < -0.39 is 6.61 Å². The number of halogens is 3. The molecule has 158 valence electrons. The van der Waals surface area contributed by atoms with Crippen molar-refractivity contribution in [2.75, 3.05) is 0 Å². The lowest BCUT2D eigenvalue weighted by Gasteiger charge is -2.22. The number of ether oxygens (including phenoxy) is 1. The number of fused-ring (bicyclic) bond motifs is 1. The first-order chi connectivity index (χ1) is 14.4. The second kappa shape index (κ2) is 8.30. The van der Waals surface area contributed by atoms with Crippen LogP contribution in [0.1, 0.15) is 44.3 Å². The van der Waals surface area contributed by atoms with Crippen molar-refractivity contribution in [1.82, 2.24) is 14.5 Å². The zero-order valence-corrected chi connectivity index (χ0v) is 17.5. The van der Waals surface area contributed by atoms with Gasteiger partial charge < -0.3 is 4.74 Å². The minimum Gasteiger partial charge on any atom is -0.435 e. The molecule has 1 saturated carbocycles. The van der Waals surface area contributed by atoms with Crippen LogP contribution in [0.25, 0.3) is 22.3 Å². The smallest absolute Gasteiger partial charge is 0.387 e. The van der Waals surface area contributed by atoms with Gasteiger partial charge in [0.15, 0.2) is 5.65 Å². The largest absolute Gasteiger partial charge is 0.435 e. The van der Waals surface area contributed by atoms with E-state index in [9.17, 15) is 13.6 Å². The molecule has 0 bridgehead atoms. The van der Waals surface area contributed by atoms with Gasteiger partial charge in [0.1, 0.15) is 17.0 Å². The van der Waals surface area contributed by atoms with Gasteiger partial charge >= 0.3 is 6.61 Å². The van der Waals surface area contributed by atoms with E-state index in [1.807, 2.05) is 0 Å². The molecule has 30 heavy (non-hydrogen) atoms. The van der Waals surface area contributed by atoms with E-state index in [1.165, 1.54) is 12.1 Å². The first-order valence-electron chi connectivity index (χ1n) is 10.0. The SMILES string of the molecule is CCCC(C1CC1)n1c(=O)c(C)nc2c(-c3ccc(OC(F)F)cc3Cl)ccnc21. The summed E-state index contributed by atoms with van der Waals surface area (Å²) in [5.74, 6) is 0.461. The van der Waals surface area contributed by atoms with Crippen LogP contribution >= 0.6 is 11.6 Å². The van der Waals surface area contributed by atoms with Gasteiger partial charge in [0.05, 0.1) is 5.02 Å². The number of rotatable bonds is 7. The number of pyridine rings is 1. The molecular weight excluding hydrogens is 412 g/mol. The monoisotopic (exact) mass is 433 g/mol. The fraction of sp³-hybridized carbons (Fsp3) is 0.409. The molecule has 0 N–H and O–H groups in total. The van der Waals surface area contributed by atoms with Gasteiger partial charge in [-0.1, -0.05) is 24.9 Å². The number of hydrogen-bond acceptors (Lipinski definition) is 4. The van der Waals surface area contributed by atoms with Crippen LogP contribution in [0.2, 0.25) is 5.02 Å². The summed E-state index contributed by atoms with van der Waals surface area (Å²) < 4.78 is 31.2. The van der Waals surface area contributed by atoms with Gasteiger partial charge in [0.2, 0.25) is 0 Å². The second-order valence-electron chi connectivity index (χ2n) is 7.62. The molecule has 0 amide bonds. The van der Waals surface area contributed by atoms with Gasteiger partial charge in [-0.25, -0.2) is 9.97 Å². The number of benzene rings is 1. The molecule has 8 heteroatoms. The van der Waals surface area contributed by atoms with Gasteiger partial charge in [-0.3, -0.25) is 9.36 Å². The molecule has 0 spiro atoms. The third-order valence-electron chi connectivity index (χ3n) is 5.48. The third-order valence-corrected chi connectivity index (χ3v) is 5.79. The van der Waals surface area contributed by atoms with Crippen LogP contribution in [0.15, 0.2) is 35.3 Å². The Balaban J connectivity index is 1.90. The Morgan fingerprint density at radius 2 is 2.03 bits per heavy atom. The van der Waals surface area contributed by atoms with E-state index in [0.29, 0.717) is 33.9 Å². The Morgan fingerprint density at radius 3 is 2.67 bits per heavy atom. The first-order valence-corrected chi connectivity index (χ1v) is 10.4. The van der Waals surface area contributed by atoms with Crippen molar-refractivity contribution in [3.63, 3.8) is 0 Å². The van der Waals surface area contributed by atoms with E-state index in [1.54, 1.807) is 29.8 Å². The molecule has 0 aliphatic heterocycles. The van der Waals surface area contributed by atoms with Crippen molar-refractivity contribution in [2.45, 2.75) is 52.2 Å². The molecule has 1 atom stereocenters. The van der Waals surface area contributed by atoms with E-state index in [-0.39, 0.29) is 22.4 Å². The van der Waals surface area contributed by atoms with Crippen LogP contribution in [0.5, 0.6) is 5.75 Å². The first kappa shape index (κ1) is 20.7. The van der Waals surface area contributed by atoms with E-state index in [0.717, 1.165) is 25.7 Å². The highest BCUT2D eigenvalue weighted by Gasteiger charge is 2.34. The molecule has 0 radical (unpaired) electrons. The van der Waals surface area contributed by atoms with Crippen LogP contribution in [0.4, 0.5) is 8.78 Å². The van der Waals surface area contributed by atoms with Crippen molar-refractivity contribution in [3.8, 4) is 16.9 Å². The fourth-order valence-electron chi connectivity index (χ4n) is 3.98. The third kappa shape index (κ3) is 3.90. The molecule has 1 unspecified atom stereocenters. The highest BCUT2D eigenvalue weighted by Crippen LogP contribution is 2.43. The van der Waals surface area contributed by atoms with Gasteiger partial charge in [-0.05, 0) is 56.4 Å². The minimum atomic E-state index is -2.93. The molecule has 2 heterocycles. The summed E-state index contributed by atoms with van der Waals surface area (Å²) in [6.45, 7) is 0.884. The minimum absolute atomic E-state index is 0.0186. The lowest BCUT2D eigenvalue weighted by molar-refractivity contribution is -0.0498. The highest BCUT2D eigenvalue weighted by atomic mass is 35.5. The second-order valence-corrected chi connectivity index (χ2v) is 8.02. The molecule has 5 nitrogen and oxygen atoms in total. The highest BCUT2D eigenvalue weighted by molar-refractivity contribution is 6.33. The molecule has 1 aliphatic carbocycles. The number of hydrogen-bond donors (Lipinski definition) is 0. The van der Waals surface area contributed by atoms with Gasteiger partial charge in [0.25, 0.3) is 5.56 Å². The molecule has 3 aromatic rings. The summed E-state index contributed by atoms with van der Waals surface area (Å²) >= 11 is 6.39. The number of aromatic nitrogens is 3. The summed E-state index contributed by atoms with van der Waals surface area (Å²) in [4.78, 5) is 22.1. The van der Waals surface area contributed by atoms with Gasteiger partial charge in [-0.15, -0.1) is 0 Å². The maximum absolute atomic E-state index is 13.0. The van der Waals surface area contributed by atoms with Crippen molar-refractivity contribution < 1.29 is 13.5 Å². The van der Waals surface area contributed by atoms with Gasteiger partial charge in [-0.2, -0.15) is 8.78 Å². The lowest BCUT2D eigenvalue weighted by Crippen LogP contribution is -2.30. The van der Waals surface area contributed by atoms with Crippen LogP contribution in [0, 0.1) is 12.8 Å². The normalized spacial score (nSPS) is 15.0. The summed E-state index contributed by atoms with van der Waals surface area (Å²) in [5, 5.41) is 0.255. The van der Waals surface area contributed by atoms with E-state index in [2.05, 4.69) is 21.6 Å². The Kier molecular flexibility index (Phi) is 5.73. The van der Waals surface area contributed by atoms with Crippen molar-refractivity contribution >= 4 is 22.8 Å². The zero-order chi connectivity index (χ0) is 21.4. The van der Waals surface area contributed by atoms with Crippen LogP contribution in [-0.2, 0) is 0 Å².